The van der Waals surface area contributed by atoms with E-state index in [-0.39, 0.29) is 5.69 Å². The fraction of sp³-hybridized carbons (Fsp3) is 0.250. The summed E-state index contributed by atoms with van der Waals surface area (Å²) in [6.45, 7) is 0. The molecule has 7 heteroatoms. The standard InChI is InChI=1S/C16H11F6N/c17-15(18,19)11-6-4-9(5-7-11)13-8-10-2-1-3-12(14(10)23-13)16(20,21)22/h1-7,13,23H,8H2. The van der Waals surface area contributed by atoms with Crippen LogP contribution in [0.25, 0.3) is 0 Å². The Morgan fingerprint density at radius 1 is 0.826 bits per heavy atom. The van der Waals surface area contributed by atoms with Gasteiger partial charge in [0.15, 0.2) is 0 Å². The molecule has 1 heterocycles. The third-order valence-corrected chi connectivity index (χ3v) is 3.84. The second kappa shape index (κ2) is 5.18. The van der Waals surface area contributed by atoms with Crippen LogP contribution in [-0.4, -0.2) is 0 Å². The van der Waals surface area contributed by atoms with Crippen molar-refractivity contribution in [1.82, 2.24) is 0 Å². The summed E-state index contributed by atoms with van der Waals surface area (Å²) in [5.74, 6) is 0. The normalized spacial score (nSPS) is 17.7. The summed E-state index contributed by atoms with van der Waals surface area (Å²) in [6, 6.07) is 7.88. The lowest BCUT2D eigenvalue weighted by atomic mass is 10.0. The van der Waals surface area contributed by atoms with Crippen molar-refractivity contribution < 1.29 is 26.3 Å². The highest BCUT2D eigenvalue weighted by atomic mass is 19.4. The minimum absolute atomic E-state index is 0.00454. The second-order valence-electron chi connectivity index (χ2n) is 5.36. The molecule has 1 unspecified atom stereocenters. The molecule has 122 valence electrons. The van der Waals surface area contributed by atoms with Gasteiger partial charge in [0.2, 0.25) is 0 Å². The van der Waals surface area contributed by atoms with Crippen LogP contribution in [-0.2, 0) is 18.8 Å². The number of alkyl halides is 6. The highest BCUT2D eigenvalue weighted by Crippen LogP contribution is 2.43. The SMILES string of the molecule is FC(F)(F)c1ccc(C2Cc3cccc(C(F)(F)F)c3N2)cc1. The second-order valence-corrected chi connectivity index (χ2v) is 5.36. The molecule has 23 heavy (non-hydrogen) atoms. The first-order valence-electron chi connectivity index (χ1n) is 6.79. The molecule has 0 saturated carbocycles. The predicted octanol–water partition coefficient (Wildman–Crippen LogP) is 5.43. The van der Waals surface area contributed by atoms with Crippen LogP contribution >= 0.6 is 0 Å². The molecular formula is C16H11F6N. The fourth-order valence-electron chi connectivity index (χ4n) is 2.73. The molecule has 0 spiro atoms. The molecule has 1 nitrogen and oxygen atoms in total. The van der Waals surface area contributed by atoms with Crippen molar-refractivity contribution in [3.63, 3.8) is 0 Å². The van der Waals surface area contributed by atoms with Crippen LogP contribution in [0.15, 0.2) is 42.5 Å². The van der Waals surface area contributed by atoms with Crippen LogP contribution in [0.1, 0.15) is 28.3 Å². The van der Waals surface area contributed by atoms with Crippen LogP contribution in [0.5, 0.6) is 0 Å². The van der Waals surface area contributed by atoms with E-state index in [4.69, 9.17) is 0 Å². The maximum atomic E-state index is 13.0. The maximum Gasteiger partial charge on any atom is 0.418 e. The molecular weight excluding hydrogens is 320 g/mol. The van der Waals surface area contributed by atoms with Crippen molar-refractivity contribution in [3.05, 3.63) is 64.7 Å². The molecule has 0 fully saturated rings. The van der Waals surface area contributed by atoms with Gasteiger partial charge < -0.3 is 5.32 Å². The zero-order valence-corrected chi connectivity index (χ0v) is 11.6. The molecule has 0 aliphatic carbocycles. The Bertz CT molecular complexity index is 715. The van der Waals surface area contributed by atoms with Gasteiger partial charge in [-0.3, -0.25) is 0 Å². The van der Waals surface area contributed by atoms with Crippen LogP contribution < -0.4 is 5.32 Å². The van der Waals surface area contributed by atoms with Gasteiger partial charge in [-0.1, -0.05) is 24.3 Å². The topological polar surface area (TPSA) is 12.0 Å². The van der Waals surface area contributed by atoms with Crippen molar-refractivity contribution in [3.8, 4) is 0 Å². The average Bonchev–Trinajstić information content (AvgIpc) is 2.89. The molecule has 1 aliphatic rings. The van der Waals surface area contributed by atoms with E-state index in [0.29, 0.717) is 17.5 Å². The first-order chi connectivity index (χ1) is 10.7. The first kappa shape index (κ1) is 15.7. The Balaban J connectivity index is 1.88. The minimum atomic E-state index is -4.48. The first-order valence-corrected chi connectivity index (χ1v) is 6.79. The largest absolute Gasteiger partial charge is 0.418 e. The number of nitrogens with one attached hydrogen (secondary N) is 1. The average molecular weight is 331 g/mol. The summed E-state index contributed by atoms with van der Waals surface area (Å²) in [4.78, 5) is 0. The van der Waals surface area contributed by atoms with Gasteiger partial charge in [-0.25, -0.2) is 0 Å². The van der Waals surface area contributed by atoms with Crippen molar-refractivity contribution in [1.29, 1.82) is 0 Å². The van der Waals surface area contributed by atoms with E-state index < -0.39 is 29.5 Å². The molecule has 1 aliphatic heterocycles. The van der Waals surface area contributed by atoms with Crippen molar-refractivity contribution in [2.75, 3.05) is 5.32 Å². The number of benzene rings is 2. The number of hydrogen-bond acceptors (Lipinski definition) is 1. The highest BCUT2D eigenvalue weighted by Gasteiger charge is 2.37. The van der Waals surface area contributed by atoms with Gasteiger partial charge in [0.25, 0.3) is 0 Å². The van der Waals surface area contributed by atoms with E-state index in [1.54, 1.807) is 6.07 Å². The zero-order chi connectivity index (χ0) is 16.8. The lowest BCUT2D eigenvalue weighted by Crippen LogP contribution is -2.11. The Hall–Kier alpha value is -2.18. The fourth-order valence-corrected chi connectivity index (χ4v) is 2.73. The molecule has 2 aromatic carbocycles. The summed E-state index contributed by atoms with van der Waals surface area (Å²) in [6.07, 6.45) is -8.62. The number of anilines is 1. The molecule has 2 aromatic rings. The Morgan fingerprint density at radius 3 is 2.04 bits per heavy atom. The molecule has 1 N–H and O–H groups in total. The van der Waals surface area contributed by atoms with E-state index in [2.05, 4.69) is 5.32 Å². The van der Waals surface area contributed by atoms with Crippen LogP contribution in [0, 0.1) is 0 Å². The van der Waals surface area contributed by atoms with Gasteiger partial charge in [0.1, 0.15) is 0 Å². The maximum absolute atomic E-state index is 13.0. The lowest BCUT2D eigenvalue weighted by molar-refractivity contribution is -0.138. The van der Waals surface area contributed by atoms with Gasteiger partial charge in [-0.05, 0) is 35.7 Å². The quantitative estimate of drug-likeness (QED) is 0.687. The monoisotopic (exact) mass is 331 g/mol. The van der Waals surface area contributed by atoms with Crippen molar-refractivity contribution in [2.45, 2.75) is 24.8 Å². The van der Waals surface area contributed by atoms with E-state index in [1.165, 1.54) is 18.2 Å². The van der Waals surface area contributed by atoms with Crippen LogP contribution in [0.4, 0.5) is 32.0 Å². The smallest absolute Gasteiger partial charge is 0.377 e. The van der Waals surface area contributed by atoms with Crippen LogP contribution in [0.3, 0.4) is 0 Å². The Morgan fingerprint density at radius 2 is 1.48 bits per heavy atom. The molecule has 0 amide bonds. The van der Waals surface area contributed by atoms with Gasteiger partial charge in [-0.15, -0.1) is 0 Å². The Kier molecular flexibility index (Phi) is 3.54. The van der Waals surface area contributed by atoms with Crippen molar-refractivity contribution in [2.24, 2.45) is 0 Å². The Labute approximate surface area is 127 Å². The van der Waals surface area contributed by atoms with Gasteiger partial charge in [0.05, 0.1) is 22.9 Å². The third kappa shape index (κ3) is 3.00. The van der Waals surface area contributed by atoms with E-state index in [0.717, 1.165) is 18.2 Å². The predicted molar refractivity (Wildman–Crippen MR) is 73.0 cm³/mol. The van der Waals surface area contributed by atoms with Gasteiger partial charge in [-0.2, -0.15) is 26.3 Å². The molecule has 3 rings (SSSR count). The van der Waals surface area contributed by atoms with E-state index in [9.17, 15) is 26.3 Å². The summed E-state index contributed by atoms with van der Waals surface area (Å²) in [5, 5.41) is 2.78. The lowest BCUT2D eigenvalue weighted by Gasteiger charge is -2.15. The molecule has 1 atom stereocenters. The molecule has 0 aromatic heterocycles. The highest BCUT2D eigenvalue weighted by molar-refractivity contribution is 5.64. The minimum Gasteiger partial charge on any atom is -0.377 e. The van der Waals surface area contributed by atoms with Crippen LogP contribution in [0.2, 0.25) is 0 Å². The van der Waals surface area contributed by atoms with E-state index in [1.807, 2.05) is 0 Å². The summed E-state index contributed by atoms with van der Waals surface area (Å²) in [7, 11) is 0. The molecule has 0 radical (unpaired) electrons. The summed E-state index contributed by atoms with van der Waals surface area (Å²) in [5.41, 5.74) is -0.519. The number of hydrogen-bond donors (Lipinski definition) is 1. The third-order valence-electron chi connectivity index (χ3n) is 3.84. The summed E-state index contributed by atoms with van der Waals surface area (Å²) >= 11 is 0. The van der Waals surface area contributed by atoms with E-state index >= 15 is 0 Å². The molecule has 0 saturated heterocycles. The number of rotatable bonds is 1. The van der Waals surface area contributed by atoms with Gasteiger partial charge >= 0.3 is 12.4 Å². The number of halogens is 6. The van der Waals surface area contributed by atoms with Crippen molar-refractivity contribution >= 4 is 5.69 Å². The number of fused-ring (bicyclic) bond motifs is 1. The molecule has 0 bridgehead atoms. The van der Waals surface area contributed by atoms with Gasteiger partial charge in [0, 0.05) is 0 Å². The summed E-state index contributed by atoms with van der Waals surface area (Å²) < 4.78 is 76.6. The number of para-hydroxylation sites is 1. The zero-order valence-electron chi connectivity index (χ0n) is 11.6.